The second kappa shape index (κ2) is 4.23. The van der Waals surface area contributed by atoms with Crippen LogP contribution in [0.25, 0.3) is 0 Å². The molecule has 3 nitrogen and oxygen atoms in total. The van der Waals surface area contributed by atoms with E-state index < -0.39 is 11.9 Å². The lowest BCUT2D eigenvalue weighted by Gasteiger charge is -2.26. The fourth-order valence-electron chi connectivity index (χ4n) is 3.82. The number of hydrogen-bond donors (Lipinski definition) is 1. The molecule has 1 N–H and O–H groups in total. The molecule has 2 aliphatic rings. The summed E-state index contributed by atoms with van der Waals surface area (Å²) in [6, 6.07) is 9.10. The van der Waals surface area contributed by atoms with Crippen LogP contribution in [-0.2, 0) is 4.79 Å². The fourth-order valence-corrected chi connectivity index (χ4v) is 3.82. The molecule has 2 fully saturated rings. The Balaban J connectivity index is 1.91. The number of Topliss-reactive ketones (excluding diaryl/α,β-unsaturated/α-hetero) is 1. The van der Waals surface area contributed by atoms with E-state index in [9.17, 15) is 14.7 Å². The first-order valence-electron chi connectivity index (χ1n) is 6.50. The Morgan fingerprint density at radius 3 is 2.22 bits per heavy atom. The predicted molar refractivity (Wildman–Crippen MR) is 66.2 cm³/mol. The molecule has 2 saturated carbocycles. The summed E-state index contributed by atoms with van der Waals surface area (Å²) in [5, 5.41) is 9.35. The van der Waals surface area contributed by atoms with Crippen LogP contribution in [0.2, 0.25) is 0 Å². The van der Waals surface area contributed by atoms with Crippen molar-refractivity contribution in [3.05, 3.63) is 35.9 Å². The van der Waals surface area contributed by atoms with E-state index in [-0.39, 0.29) is 23.5 Å². The molecule has 3 heteroatoms. The number of aliphatic carboxylic acids is 1. The van der Waals surface area contributed by atoms with Crippen LogP contribution in [0.4, 0.5) is 0 Å². The van der Waals surface area contributed by atoms with Gasteiger partial charge in [-0.3, -0.25) is 9.59 Å². The molecule has 0 saturated heterocycles. The smallest absolute Gasteiger partial charge is 0.307 e. The third kappa shape index (κ3) is 1.65. The Morgan fingerprint density at radius 2 is 1.61 bits per heavy atom. The summed E-state index contributed by atoms with van der Waals surface area (Å²) in [6.07, 6.45) is 2.90. The Hall–Kier alpha value is -1.64. The summed E-state index contributed by atoms with van der Waals surface area (Å²) in [4.78, 5) is 23.9. The highest BCUT2D eigenvalue weighted by Gasteiger charge is 2.53. The lowest BCUT2D eigenvalue weighted by Crippen LogP contribution is -2.34. The van der Waals surface area contributed by atoms with Crippen LogP contribution in [0.3, 0.4) is 0 Å². The van der Waals surface area contributed by atoms with Crippen LogP contribution in [0, 0.1) is 23.7 Å². The number of ketones is 1. The largest absolute Gasteiger partial charge is 0.481 e. The van der Waals surface area contributed by atoms with E-state index in [1.165, 1.54) is 0 Å². The van der Waals surface area contributed by atoms with Crippen LogP contribution in [-0.4, -0.2) is 16.9 Å². The number of fused-ring (bicyclic) bond motifs is 2. The zero-order valence-electron chi connectivity index (χ0n) is 10.1. The molecule has 0 heterocycles. The molecule has 3 rings (SSSR count). The van der Waals surface area contributed by atoms with E-state index in [2.05, 4.69) is 0 Å². The Bertz CT molecular complexity index is 480. The minimum Gasteiger partial charge on any atom is -0.481 e. The minimum atomic E-state index is -0.795. The zero-order valence-corrected chi connectivity index (χ0v) is 10.1. The number of benzene rings is 1. The van der Waals surface area contributed by atoms with Crippen LogP contribution in [0.5, 0.6) is 0 Å². The molecule has 18 heavy (non-hydrogen) atoms. The Kier molecular flexibility index (Phi) is 2.69. The van der Waals surface area contributed by atoms with Crippen LogP contribution in [0.1, 0.15) is 29.6 Å². The summed E-state index contributed by atoms with van der Waals surface area (Å²) in [6.45, 7) is 0. The first kappa shape index (κ1) is 11.5. The van der Waals surface area contributed by atoms with Crippen molar-refractivity contribution in [3.8, 4) is 0 Å². The molecule has 1 aromatic carbocycles. The molecule has 4 atom stereocenters. The van der Waals surface area contributed by atoms with Gasteiger partial charge in [-0.05, 0) is 31.1 Å². The molecule has 0 aliphatic heterocycles. The first-order valence-corrected chi connectivity index (χ1v) is 6.50. The van der Waals surface area contributed by atoms with Crippen molar-refractivity contribution in [2.45, 2.75) is 19.3 Å². The number of carboxylic acid groups (broad SMARTS) is 1. The summed E-state index contributed by atoms with van der Waals surface area (Å²) in [5.41, 5.74) is 0.654. The highest BCUT2D eigenvalue weighted by atomic mass is 16.4. The molecule has 0 unspecified atom stereocenters. The number of carbonyl (C=O) groups excluding carboxylic acids is 1. The Morgan fingerprint density at radius 1 is 1.00 bits per heavy atom. The van der Waals surface area contributed by atoms with Crippen LogP contribution < -0.4 is 0 Å². The summed E-state index contributed by atoms with van der Waals surface area (Å²) in [5.74, 6) is -1.04. The van der Waals surface area contributed by atoms with Crippen molar-refractivity contribution < 1.29 is 14.7 Å². The number of carboxylic acids is 1. The van der Waals surface area contributed by atoms with Gasteiger partial charge in [0.05, 0.1) is 5.92 Å². The van der Waals surface area contributed by atoms with E-state index in [4.69, 9.17) is 0 Å². The summed E-state index contributed by atoms with van der Waals surface area (Å²) in [7, 11) is 0. The highest BCUT2D eigenvalue weighted by Crippen LogP contribution is 2.53. The number of carbonyl (C=O) groups is 2. The molecule has 0 aromatic heterocycles. The molecule has 2 bridgehead atoms. The quantitative estimate of drug-likeness (QED) is 0.831. The maximum Gasteiger partial charge on any atom is 0.307 e. The van der Waals surface area contributed by atoms with Crippen LogP contribution in [0.15, 0.2) is 30.3 Å². The van der Waals surface area contributed by atoms with Crippen molar-refractivity contribution in [1.29, 1.82) is 0 Å². The highest BCUT2D eigenvalue weighted by molar-refractivity contribution is 6.00. The molecule has 1 aromatic rings. The van der Waals surface area contributed by atoms with Crippen molar-refractivity contribution in [3.63, 3.8) is 0 Å². The van der Waals surface area contributed by atoms with Gasteiger partial charge in [0.25, 0.3) is 0 Å². The maximum absolute atomic E-state index is 12.5. The van der Waals surface area contributed by atoms with Gasteiger partial charge in [-0.15, -0.1) is 0 Å². The average Bonchev–Trinajstić information content (AvgIpc) is 2.99. The zero-order chi connectivity index (χ0) is 12.7. The third-order valence-corrected chi connectivity index (χ3v) is 4.56. The second-order valence-corrected chi connectivity index (χ2v) is 5.45. The van der Waals surface area contributed by atoms with Gasteiger partial charge in [-0.1, -0.05) is 30.3 Å². The van der Waals surface area contributed by atoms with Gasteiger partial charge in [0, 0.05) is 11.5 Å². The fraction of sp³-hybridized carbons (Fsp3) is 0.467. The van der Waals surface area contributed by atoms with Crippen molar-refractivity contribution in [2.24, 2.45) is 23.7 Å². The first-order chi connectivity index (χ1) is 8.68. The molecule has 2 aliphatic carbocycles. The predicted octanol–water partition coefficient (Wildman–Crippen LogP) is 2.62. The van der Waals surface area contributed by atoms with Crippen molar-refractivity contribution in [2.75, 3.05) is 0 Å². The molecular weight excluding hydrogens is 228 g/mol. The van der Waals surface area contributed by atoms with E-state index >= 15 is 0 Å². The SMILES string of the molecule is O=C(O)[C@H]1[C@H]2CC[C@H](C2)[C@@H]1C(=O)c1ccccc1. The van der Waals surface area contributed by atoms with E-state index in [1.807, 2.05) is 18.2 Å². The monoisotopic (exact) mass is 244 g/mol. The van der Waals surface area contributed by atoms with Gasteiger partial charge in [-0.25, -0.2) is 0 Å². The molecule has 0 amide bonds. The van der Waals surface area contributed by atoms with E-state index in [0.29, 0.717) is 5.56 Å². The van der Waals surface area contributed by atoms with Gasteiger partial charge in [0.2, 0.25) is 0 Å². The molecule has 0 spiro atoms. The van der Waals surface area contributed by atoms with Crippen molar-refractivity contribution >= 4 is 11.8 Å². The van der Waals surface area contributed by atoms with Gasteiger partial charge >= 0.3 is 5.97 Å². The van der Waals surface area contributed by atoms with Gasteiger partial charge in [0.15, 0.2) is 5.78 Å². The molecule has 0 radical (unpaired) electrons. The lowest BCUT2D eigenvalue weighted by atomic mass is 9.75. The van der Waals surface area contributed by atoms with E-state index in [1.54, 1.807) is 12.1 Å². The summed E-state index contributed by atoms with van der Waals surface area (Å²) < 4.78 is 0. The standard InChI is InChI=1S/C15H16O3/c16-14(9-4-2-1-3-5-9)12-10-6-7-11(8-10)13(12)15(17)18/h1-5,10-13H,6-8H2,(H,17,18)/t10-,11+,12+,13+/m1/s1. The lowest BCUT2D eigenvalue weighted by molar-refractivity contribution is -0.144. The number of hydrogen-bond acceptors (Lipinski definition) is 2. The maximum atomic E-state index is 12.5. The third-order valence-electron chi connectivity index (χ3n) is 4.56. The summed E-state index contributed by atoms with van der Waals surface area (Å²) >= 11 is 0. The molecular formula is C15H16O3. The van der Waals surface area contributed by atoms with Crippen LogP contribution >= 0.6 is 0 Å². The number of rotatable bonds is 3. The Labute approximate surface area is 106 Å². The van der Waals surface area contributed by atoms with E-state index in [0.717, 1.165) is 19.3 Å². The van der Waals surface area contributed by atoms with Gasteiger partial charge < -0.3 is 5.11 Å². The second-order valence-electron chi connectivity index (χ2n) is 5.45. The molecule has 94 valence electrons. The average molecular weight is 244 g/mol. The van der Waals surface area contributed by atoms with Crippen molar-refractivity contribution in [1.82, 2.24) is 0 Å². The van der Waals surface area contributed by atoms with Gasteiger partial charge in [0.1, 0.15) is 0 Å². The topological polar surface area (TPSA) is 54.4 Å². The normalized spacial score (nSPS) is 33.6. The minimum absolute atomic E-state index is 0.0233. The van der Waals surface area contributed by atoms with Gasteiger partial charge in [-0.2, -0.15) is 0 Å².